The maximum Gasteiger partial charge on any atom is 0.410 e. The van der Waals surface area contributed by atoms with Gasteiger partial charge in [0.2, 0.25) is 0 Å². The minimum absolute atomic E-state index is 0.000122. The highest BCUT2D eigenvalue weighted by Gasteiger charge is 2.45. The predicted molar refractivity (Wildman–Crippen MR) is 194 cm³/mol. The summed E-state index contributed by atoms with van der Waals surface area (Å²) in [5.74, 6) is 2.22. The fourth-order valence-corrected chi connectivity index (χ4v) is 7.44. The zero-order valence-corrected chi connectivity index (χ0v) is 30.4. The van der Waals surface area contributed by atoms with Gasteiger partial charge in [0.15, 0.2) is 12.6 Å². The van der Waals surface area contributed by atoms with Crippen LogP contribution in [0.5, 0.6) is 5.75 Å². The molecule has 0 spiro atoms. The van der Waals surface area contributed by atoms with Crippen molar-refractivity contribution in [2.24, 2.45) is 0 Å². The molecule has 1 amide bonds. The lowest BCUT2D eigenvalue weighted by Crippen LogP contribution is -2.57. The molecule has 2 aliphatic heterocycles. The van der Waals surface area contributed by atoms with E-state index in [4.69, 9.17) is 25.6 Å². The summed E-state index contributed by atoms with van der Waals surface area (Å²) >= 11 is 0. The van der Waals surface area contributed by atoms with E-state index in [1.165, 1.54) is 13.2 Å². The van der Waals surface area contributed by atoms with Crippen molar-refractivity contribution < 1.29 is 32.9 Å². The molecule has 0 saturated carbocycles. The van der Waals surface area contributed by atoms with Crippen LogP contribution in [-0.4, -0.2) is 76.3 Å². The summed E-state index contributed by atoms with van der Waals surface area (Å²) in [5.41, 5.74) is 0.159. The summed E-state index contributed by atoms with van der Waals surface area (Å²) < 4.78 is 49.1. The number of aliphatic hydroxyl groups is 1. The average Bonchev–Trinajstić information content (AvgIpc) is 3.32. The minimum Gasteiger partial charge on any atom is -0.468 e. The van der Waals surface area contributed by atoms with Crippen LogP contribution >= 0.6 is 0 Å². The molecule has 4 heterocycles. The van der Waals surface area contributed by atoms with Gasteiger partial charge in [-0.3, -0.25) is 9.88 Å². The Kier molecular flexibility index (Phi) is 9.87. The Morgan fingerprint density at radius 2 is 1.80 bits per heavy atom. The number of piperazine rings is 1. The molecule has 6 rings (SSSR count). The van der Waals surface area contributed by atoms with E-state index in [0.29, 0.717) is 76.7 Å². The molecule has 2 atom stereocenters. The maximum absolute atomic E-state index is 17.4. The van der Waals surface area contributed by atoms with Gasteiger partial charge in [0, 0.05) is 53.8 Å². The molecule has 11 heteroatoms. The van der Waals surface area contributed by atoms with E-state index in [-0.39, 0.29) is 41.8 Å². The number of pyridine rings is 2. The number of carbonyl (C=O) groups is 1. The zero-order valence-electron chi connectivity index (χ0n) is 30.4. The van der Waals surface area contributed by atoms with Crippen LogP contribution < -0.4 is 9.64 Å². The molecule has 51 heavy (non-hydrogen) atoms. The lowest BCUT2D eigenvalue weighted by Gasteiger charge is -2.42. The van der Waals surface area contributed by atoms with E-state index >= 15 is 8.78 Å². The highest BCUT2D eigenvalue weighted by molar-refractivity contribution is 6.04. The molecule has 2 aliphatic rings. The van der Waals surface area contributed by atoms with Crippen LogP contribution in [0.15, 0.2) is 30.5 Å². The molecule has 1 N–H and O–H groups in total. The Morgan fingerprint density at radius 3 is 2.43 bits per heavy atom. The van der Waals surface area contributed by atoms with Crippen molar-refractivity contribution in [3.05, 3.63) is 58.9 Å². The number of rotatable bonds is 9. The Hall–Kier alpha value is -4.53. The second-order valence-electron chi connectivity index (χ2n) is 15.2. The largest absolute Gasteiger partial charge is 0.468 e. The molecule has 2 bridgehead atoms. The molecule has 0 aliphatic carbocycles. The first-order valence-corrected chi connectivity index (χ1v) is 17.4. The van der Waals surface area contributed by atoms with E-state index in [0.717, 1.165) is 12.8 Å². The number of nitrogens with zero attached hydrogens (tertiary/aromatic N) is 4. The molecule has 270 valence electrons. The van der Waals surface area contributed by atoms with Crippen LogP contribution in [0.4, 0.5) is 19.4 Å². The number of terminal acetylenes is 1. The van der Waals surface area contributed by atoms with Crippen molar-refractivity contribution in [2.45, 2.75) is 96.9 Å². The van der Waals surface area contributed by atoms with Gasteiger partial charge < -0.3 is 24.2 Å². The molecule has 4 aromatic rings. The summed E-state index contributed by atoms with van der Waals surface area (Å²) in [5, 5.41) is 12.2. The highest BCUT2D eigenvalue weighted by Crippen LogP contribution is 2.42. The van der Waals surface area contributed by atoms with Crippen molar-refractivity contribution in [2.75, 3.05) is 31.9 Å². The third-order valence-electron chi connectivity index (χ3n) is 9.68. The molecule has 2 saturated heterocycles. The third kappa shape index (κ3) is 7.30. The van der Waals surface area contributed by atoms with Gasteiger partial charge in [-0.15, -0.1) is 6.42 Å². The van der Waals surface area contributed by atoms with Crippen LogP contribution in [-0.2, 0) is 15.9 Å². The van der Waals surface area contributed by atoms with E-state index in [1.807, 2.05) is 32.6 Å². The molecule has 0 radical (unpaired) electrons. The van der Waals surface area contributed by atoms with Gasteiger partial charge in [-0.25, -0.2) is 18.6 Å². The standard InChI is InChI=1S/C40H46F2N4O5/c1-9-28-31(41)15-12-24-17-27(50-22-49-8)18-29(34(24)28)36-35(42)33-23(2)32(11-10-16-40(6,7)48)44-37(30(33)19-43-36)45-20-25-13-14-26(21-45)46(25)38(47)51-39(3,4)5/h1,12,15,17-19,25-26,48H,10-11,13-14,16,20-22H2,2-8H3. The van der Waals surface area contributed by atoms with Crippen molar-refractivity contribution in [3.63, 3.8) is 0 Å². The number of amides is 1. The van der Waals surface area contributed by atoms with Crippen molar-refractivity contribution in [1.29, 1.82) is 0 Å². The van der Waals surface area contributed by atoms with Crippen molar-refractivity contribution >= 4 is 33.5 Å². The number of fused-ring (bicyclic) bond motifs is 4. The van der Waals surface area contributed by atoms with Gasteiger partial charge >= 0.3 is 6.09 Å². The van der Waals surface area contributed by atoms with Gasteiger partial charge in [-0.2, -0.15) is 0 Å². The molecule has 2 fully saturated rings. The summed E-state index contributed by atoms with van der Waals surface area (Å²) in [4.78, 5) is 27.0. The fraction of sp³-hybridized carbons (Fsp3) is 0.475. The molecule has 9 nitrogen and oxygen atoms in total. The number of aryl methyl sites for hydroxylation is 2. The van der Waals surface area contributed by atoms with E-state index in [9.17, 15) is 9.90 Å². The molecule has 2 unspecified atom stereocenters. The summed E-state index contributed by atoms with van der Waals surface area (Å²) in [6, 6.07) is 5.98. The first-order chi connectivity index (χ1) is 24.1. The van der Waals surface area contributed by atoms with Crippen LogP contribution in [0.3, 0.4) is 0 Å². The van der Waals surface area contributed by atoms with Gasteiger partial charge in [0.05, 0.1) is 23.2 Å². The van der Waals surface area contributed by atoms with Crippen molar-refractivity contribution in [1.82, 2.24) is 14.9 Å². The van der Waals surface area contributed by atoms with Crippen molar-refractivity contribution in [3.8, 4) is 29.4 Å². The third-order valence-corrected chi connectivity index (χ3v) is 9.68. The first kappa shape index (κ1) is 36.3. The second-order valence-corrected chi connectivity index (χ2v) is 15.2. The Morgan fingerprint density at radius 1 is 1.10 bits per heavy atom. The average molecular weight is 701 g/mol. The van der Waals surface area contributed by atoms with Gasteiger partial charge in [-0.05, 0) is 103 Å². The van der Waals surface area contributed by atoms with Crippen LogP contribution in [0.2, 0.25) is 0 Å². The summed E-state index contributed by atoms with van der Waals surface area (Å²) in [6.45, 7) is 11.9. The minimum atomic E-state index is -0.867. The number of benzene rings is 2. The molecular formula is C40H46F2N4O5. The molecular weight excluding hydrogens is 654 g/mol. The number of anilines is 1. The van der Waals surface area contributed by atoms with Gasteiger partial charge in [0.25, 0.3) is 0 Å². The number of aromatic nitrogens is 2. The maximum atomic E-state index is 17.4. The fourth-order valence-electron chi connectivity index (χ4n) is 7.44. The molecule has 2 aromatic carbocycles. The topological polar surface area (TPSA) is 97.3 Å². The second kappa shape index (κ2) is 13.9. The molecule has 2 aromatic heterocycles. The van der Waals surface area contributed by atoms with Crippen LogP contribution in [0.1, 0.15) is 77.1 Å². The monoisotopic (exact) mass is 700 g/mol. The predicted octanol–water partition coefficient (Wildman–Crippen LogP) is 7.68. The highest BCUT2D eigenvalue weighted by atomic mass is 19.1. The number of hydrogen-bond donors (Lipinski definition) is 1. The lowest BCUT2D eigenvalue weighted by atomic mass is 9.93. The Bertz CT molecular complexity index is 2020. The first-order valence-electron chi connectivity index (χ1n) is 17.4. The number of ether oxygens (including phenoxy) is 3. The quantitative estimate of drug-likeness (QED) is 0.140. The van der Waals surface area contributed by atoms with Gasteiger partial charge in [0.1, 0.15) is 28.7 Å². The number of carbonyl (C=O) groups excluding carboxylic acids is 1. The summed E-state index contributed by atoms with van der Waals surface area (Å²) in [7, 11) is 1.49. The lowest BCUT2D eigenvalue weighted by molar-refractivity contribution is 0.0122. The normalized spacial score (nSPS) is 17.7. The van der Waals surface area contributed by atoms with Crippen LogP contribution in [0, 0.1) is 30.9 Å². The van der Waals surface area contributed by atoms with E-state index < -0.39 is 22.8 Å². The SMILES string of the molecule is C#Cc1c(F)ccc2cc(OCOC)cc(-c3ncc4c(N5CC6CCC(C5)N6C(=O)OC(C)(C)C)nc(CCCC(C)(C)O)c(C)c4c3F)c12. The van der Waals surface area contributed by atoms with E-state index in [1.54, 1.807) is 38.2 Å². The van der Waals surface area contributed by atoms with Crippen LogP contribution in [0.25, 0.3) is 32.8 Å². The van der Waals surface area contributed by atoms with Gasteiger partial charge in [-0.1, -0.05) is 12.0 Å². The zero-order chi connectivity index (χ0) is 36.8. The Labute approximate surface area is 297 Å². The van der Waals surface area contributed by atoms with E-state index in [2.05, 4.69) is 15.8 Å². The number of hydrogen-bond acceptors (Lipinski definition) is 8. The number of halogens is 2. The Balaban J connectivity index is 1.51. The number of methoxy groups -OCH3 is 1. The smallest absolute Gasteiger partial charge is 0.410 e. The summed E-state index contributed by atoms with van der Waals surface area (Å²) in [6.07, 6.45) is 10.4.